The first-order chi connectivity index (χ1) is 32.0. The van der Waals surface area contributed by atoms with E-state index in [9.17, 15) is 0 Å². The van der Waals surface area contributed by atoms with Crippen LogP contribution in [0.25, 0.3) is 79.2 Å². The Morgan fingerprint density at radius 1 is 0.388 bits per heavy atom. The summed E-state index contributed by atoms with van der Waals surface area (Å²) < 4.78 is 4.00. The summed E-state index contributed by atoms with van der Waals surface area (Å²) in [4.78, 5) is 10.0. The predicted molar refractivity (Wildman–Crippen MR) is 278 cm³/mol. The van der Waals surface area contributed by atoms with Crippen molar-refractivity contribution in [1.29, 1.82) is 0 Å². The lowest BCUT2D eigenvalue weighted by molar-refractivity contribution is -0.644. The molecule has 0 aliphatic rings. The van der Waals surface area contributed by atoms with Crippen LogP contribution in [0.1, 0.15) is 60.1 Å². The van der Waals surface area contributed by atoms with E-state index in [1.54, 1.807) is 0 Å². The number of benzene rings is 8. The van der Waals surface area contributed by atoms with Gasteiger partial charge in [-0.25, -0.2) is 9.67 Å². The number of nitrogens with zero attached hydrogens (tertiary/aromatic N) is 5. The van der Waals surface area contributed by atoms with Gasteiger partial charge in [0.1, 0.15) is 0 Å². The highest BCUT2D eigenvalue weighted by Gasteiger charge is 2.25. The van der Waals surface area contributed by atoms with Crippen molar-refractivity contribution in [2.45, 2.75) is 59.8 Å². The quantitative estimate of drug-likeness (QED) is 0.155. The van der Waals surface area contributed by atoms with Crippen molar-refractivity contribution in [3.63, 3.8) is 0 Å². The molecule has 2 heterocycles. The number of nitrogens with one attached hydrogen (secondary N) is 1. The fourth-order valence-corrected chi connectivity index (χ4v) is 7.93. The zero-order chi connectivity index (χ0) is 45.7. The number of hydrogen-bond donors (Lipinski definition) is 1. The second-order valence-corrected chi connectivity index (χ2v) is 18.6. The number of aromatic nitrogens is 6. The average Bonchev–Trinajstić information content (AvgIpc) is 4.02. The van der Waals surface area contributed by atoms with Crippen LogP contribution < -0.4 is 4.68 Å². The molecule has 0 fully saturated rings. The Morgan fingerprint density at radius 3 is 1.25 bits per heavy atom. The monoisotopic (exact) mass is 875 g/mol. The molecule has 10 aromatic rings. The molecule has 0 saturated carbocycles. The molecule has 0 aliphatic carbocycles. The molecule has 0 amide bonds. The molecule has 2 aromatic heterocycles. The van der Waals surface area contributed by atoms with Crippen molar-refractivity contribution in [3.05, 3.63) is 230 Å². The van der Waals surface area contributed by atoms with Crippen molar-refractivity contribution >= 4 is 0 Å². The molecular weight excluding hydrogens is 817 g/mol. The number of H-pyrrole nitrogens is 1. The van der Waals surface area contributed by atoms with Gasteiger partial charge in [-0.2, -0.15) is 5.10 Å². The van der Waals surface area contributed by atoms with Crippen LogP contribution >= 0.6 is 0 Å². The van der Waals surface area contributed by atoms with Crippen molar-refractivity contribution < 1.29 is 4.68 Å². The van der Waals surface area contributed by atoms with Gasteiger partial charge in [0.25, 0.3) is 5.82 Å². The van der Waals surface area contributed by atoms with Gasteiger partial charge in [0.05, 0.1) is 11.3 Å². The van der Waals surface area contributed by atoms with Gasteiger partial charge in [-0.1, -0.05) is 219 Å². The van der Waals surface area contributed by atoms with E-state index in [1.807, 2.05) is 53.2 Å². The molecule has 0 radical (unpaired) electrons. The summed E-state index contributed by atoms with van der Waals surface area (Å²) in [6.45, 7) is 13.4. The smallest absolute Gasteiger partial charge is 0.213 e. The molecule has 0 spiro atoms. The van der Waals surface area contributed by atoms with Gasteiger partial charge in [0.2, 0.25) is 0 Å². The number of aromatic amines is 1. The molecule has 67 heavy (non-hydrogen) atoms. The Labute approximate surface area is 396 Å². The predicted octanol–water partition coefficient (Wildman–Crippen LogP) is 15.2. The summed E-state index contributed by atoms with van der Waals surface area (Å²) in [5, 5.41) is 8.43. The third-order valence-electron chi connectivity index (χ3n) is 11.8. The van der Waals surface area contributed by atoms with Gasteiger partial charge in [-0.05, 0) is 97.7 Å². The summed E-state index contributed by atoms with van der Waals surface area (Å²) >= 11 is 0. The van der Waals surface area contributed by atoms with Crippen LogP contribution in [0.2, 0.25) is 0 Å². The average molecular weight is 876 g/mol. The molecule has 0 atom stereocenters. The standard InChI is InChI=1S/2C30H27N3.CH4/c1-30(2,3)26-20-18-24(19-21-26)28-31-29(33(32-28)27-12-8-5-9-13-27)25-16-14-23(15-17-25)22-10-6-4-7-11-22;1-30(2,3)26-20-18-25(19-21-26)29-31-28(32-33(29)27-12-8-5-9-13-27)24-16-14-23(15-17-24)22-10-6-4-7-11-22;/h2*4-21H,1-3H3;1H4/p+1. The fraction of sp³-hybridized carbons (Fsp3) is 0.148. The summed E-state index contributed by atoms with van der Waals surface area (Å²) in [5.41, 5.74) is 13.8. The zero-order valence-corrected chi connectivity index (χ0v) is 38.5. The molecule has 1 N–H and O–H groups in total. The Morgan fingerprint density at radius 2 is 0.776 bits per heavy atom. The molecule has 8 aromatic carbocycles. The highest BCUT2D eigenvalue weighted by atomic mass is 15.4. The highest BCUT2D eigenvalue weighted by molar-refractivity contribution is 5.70. The first-order valence-electron chi connectivity index (χ1n) is 22.6. The van der Waals surface area contributed by atoms with E-state index < -0.39 is 0 Å². The van der Waals surface area contributed by atoms with Crippen LogP contribution in [0.5, 0.6) is 0 Å². The maximum atomic E-state index is 5.03. The van der Waals surface area contributed by atoms with E-state index in [2.05, 4.69) is 221 Å². The van der Waals surface area contributed by atoms with Gasteiger partial charge in [0, 0.05) is 16.7 Å². The van der Waals surface area contributed by atoms with Gasteiger partial charge in [-0.3, -0.25) is 0 Å². The first kappa shape index (κ1) is 45.6. The number of para-hydroxylation sites is 2. The van der Waals surface area contributed by atoms with Crippen LogP contribution in [0.15, 0.2) is 218 Å². The van der Waals surface area contributed by atoms with Crippen molar-refractivity contribution in [3.8, 4) is 79.2 Å². The SMILES string of the molecule is C.CC(C)(C)c1ccc(-c2nc(-c3ccc(-c4ccccc4)cc3)[n+](-c3ccccc3)[nH]2)cc1.CC(C)(C)c1ccc(-c2nc(-c3ccc(-c4ccccc4)cc3)nn2-c2ccccc2)cc1. The maximum Gasteiger partial charge on any atom is 0.356 e. The largest absolute Gasteiger partial charge is 0.356 e. The van der Waals surface area contributed by atoms with E-state index in [-0.39, 0.29) is 18.3 Å². The van der Waals surface area contributed by atoms with E-state index in [0.29, 0.717) is 5.82 Å². The van der Waals surface area contributed by atoms with Crippen LogP contribution in [0.3, 0.4) is 0 Å². The number of hydrogen-bond acceptors (Lipinski definition) is 3. The van der Waals surface area contributed by atoms with Crippen LogP contribution in [0.4, 0.5) is 0 Å². The minimum atomic E-state index is 0. The highest BCUT2D eigenvalue weighted by Crippen LogP contribution is 2.31. The van der Waals surface area contributed by atoms with Crippen LogP contribution in [-0.2, 0) is 10.8 Å². The second-order valence-electron chi connectivity index (χ2n) is 18.6. The molecule has 0 bridgehead atoms. The lowest BCUT2D eigenvalue weighted by Crippen LogP contribution is -2.34. The van der Waals surface area contributed by atoms with Crippen LogP contribution in [-0.4, -0.2) is 24.8 Å². The van der Waals surface area contributed by atoms with Gasteiger partial charge in [-0.15, -0.1) is 9.78 Å². The molecule has 6 heteroatoms. The van der Waals surface area contributed by atoms with Gasteiger partial charge >= 0.3 is 5.82 Å². The third-order valence-corrected chi connectivity index (χ3v) is 11.8. The zero-order valence-electron chi connectivity index (χ0n) is 38.5. The summed E-state index contributed by atoms with van der Waals surface area (Å²) in [5.74, 6) is 3.29. The normalized spacial score (nSPS) is 11.3. The molecular formula is C61H59N6+. The summed E-state index contributed by atoms with van der Waals surface area (Å²) in [7, 11) is 0. The van der Waals surface area contributed by atoms with Gasteiger partial charge in [0.15, 0.2) is 17.3 Å². The summed E-state index contributed by atoms with van der Waals surface area (Å²) in [6, 6.07) is 75.7. The Hall–Kier alpha value is -7.96. The van der Waals surface area contributed by atoms with Crippen molar-refractivity contribution in [2.75, 3.05) is 0 Å². The maximum absolute atomic E-state index is 5.03. The Kier molecular flexibility index (Phi) is 13.4. The molecule has 0 unspecified atom stereocenters. The van der Waals surface area contributed by atoms with Gasteiger partial charge < -0.3 is 0 Å². The first-order valence-corrected chi connectivity index (χ1v) is 22.6. The molecule has 0 aliphatic heterocycles. The molecule has 10 rings (SSSR count). The van der Waals surface area contributed by atoms with Crippen LogP contribution in [0, 0.1) is 0 Å². The fourth-order valence-electron chi connectivity index (χ4n) is 7.93. The van der Waals surface area contributed by atoms with Crippen molar-refractivity contribution in [2.24, 2.45) is 0 Å². The lowest BCUT2D eigenvalue weighted by Gasteiger charge is -2.19. The Bertz CT molecular complexity index is 3120. The third kappa shape index (κ3) is 10.5. The Balaban J connectivity index is 0.000000179. The minimum absolute atomic E-state index is 0. The summed E-state index contributed by atoms with van der Waals surface area (Å²) in [6.07, 6.45) is 0. The lowest BCUT2D eigenvalue weighted by atomic mass is 9.86. The second kappa shape index (κ2) is 19.6. The molecule has 332 valence electrons. The van der Waals surface area contributed by atoms with Crippen molar-refractivity contribution in [1.82, 2.24) is 24.8 Å². The molecule has 6 nitrogen and oxygen atoms in total. The van der Waals surface area contributed by atoms with E-state index in [4.69, 9.17) is 15.1 Å². The minimum Gasteiger partial charge on any atom is -0.213 e. The number of rotatable bonds is 8. The van der Waals surface area contributed by atoms with E-state index in [1.165, 1.54) is 33.4 Å². The molecule has 0 saturated heterocycles. The van der Waals surface area contributed by atoms with E-state index >= 15 is 0 Å². The van der Waals surface area contributed by atoms with E-state index in [0.717, 1.165) is 51.1 Å². The topological polar surface area (TPSA) is 63.3 Å².